The molecule has 20 heavy (non-hydrogen) atoms. The van der Waals surface area contributed by atoms with Crippen molar-refractivity contribution in [3.05, 3.63) is 29.8 Å². The SMILES string of the molecule is CC(C)N(CCCO)C(=O)[C@@H](N)Cc1ccc(O)cc1. The molecule has 1 rings (SSSR count). The minimum atomic E-state index is -0.611. The lowest BCUT2D eigenvalue weighted by Gasteiger charge is -2.29. The minimum absolute atomic E-state index is 0.0555. The van der Waals surface area contributed by atoms with Gasteiger partial charge in [-0.3, -0.25) is 4.79 Å². The summed E-state index contributed by atoms with van der Waals surface area (Å²) >= 11 is 0. The maximum atomic E-state index is 12.3. The van der Waals surface area contributed by atoms with Crippen molar-refractivity contribution >= 4 is 5.91 Å². The zero-order valence-corrected chi connectivity index (χ0v) is 12.1. The second-order valence-corrected chi connectivity index (χ2v) is 5.18. The van der Waals surface area contributed by atoms with E-state index >= 15 is 0 Å². The van der Waals surface area contributed by atoms with E-state index in [0.29, 0.717) is 19.4 Å². The molecule has 4 N–H and O–H groups in total. The van der Waals surface area contributed by atoms with Gasteiger partial charge in [-0.15, -0.1) is 0 Å². The first-order valence-electron chi connectivity index (χ1n) is 6.90. The second-order valence-electron chi connectivity index (χ2n) is 5.18. The van der Waals surface area contributed by atoms with Crippen molar-refractivity contribution in [1.82, 2.24) is 4.90 Å². The van der Waals surface area contributed by atoms with Crippen LogP contribution in [0.5, 0.6) is 5.75 Å². The number of rotatable bonds is 7. The molecule has 0 spiro atoms. The maximum absolute atomic E-state index is 12.3. The van der Waals surface area contributed by atoms with Gasteiger partial charge in [0.2, 0.25) is 5.91 Å². The van der Waals surface area contributed by atoms with Gasteiger partial charge in [0.1, 0.15) is 5.75 Å². The lowest BCUT2D eigenvalue weighted by atomic mass is 10.0. The highest BCUT2D eigenvalue weighted by Crippen LogP contribution is 2.12. The van der Waals surface area contributed by atoms with E-state index in [2.05, 4.69) is 0 Å². The molecule has 0 aliphatic heterocycles. The van der Waals surface area contributed by atoms with Crippen molar-refractivity contribution in [3.63, 3.8) is 0 Å². The number of aromatic hydroxyl groups is 1. The number of aliphatic hydroxyl groups excluding tert-OH is 1. The molecular formula is C15H24N2O3. The fourth-order valence-corrected chi connectivity index (χ4v) is 2.05. The zero-order chi connectivity index (χ0) is 15.1. The van der Waals surface area contributed by atoms with E-state index in [1.54, 1.807) is 29.2 Å². The molecule has 112 valence electrons. The van der Waals surface area contributed by atoms with Gasteiger partial charge in [-0.25, -0.2) is 0 Å². The highest BCUT2D eigenvalue weighted by Gasteiger charge is 2.23. The molecule has 1 aromatic rings. The number of hydrogen-bond donors (Lipinski definition) is 3. The standard InChI is InChI=1S/C15H24N2O3/c1-11(2)17(8-3-9-18)15(20)14(16)10-12-4-6-13(19)7-5-12/h4-7,11,14,18-19H,3,8-10,16H2,1-2H3/t14-/m0/s1. The third kappa shape index (κ3) is 4.83. The third-order valence-corrected chi connectivity index (χ3v) is 3.17. The van der Waals surface area contributed by atoms with Crippen LogP contribution in [0.4, 0.5) is 0 Å². The second kappa shape index (κ2) is 7.87. The Morgan fingerprint density at radius 2 is 1.90 bits per heavy atom. The number of hydrogen-bond acceptors (Lipinski definition) is 4. The molecule has 0 aliphatic carbocycles. The zero-order valence-electron chi connectivity index (χ0n) is 12.1. The van der Waals surface area contributed by atoms with Crippen molar-refractivity contribution in [2.75, 3.05) is 13.2 Å². The highest BCUT2D eigenvalue weighted by molar-refractivity contribution is 5.82. The molecule has 5 heteroatoms. The number of carbonyl (C=O) groups excluding carboxylic acids is 1. The van der Waals surface area contributed by atoms with Crippen molar-refractivity contribution in [2.45, 2.75) is 38.8 Å². The van der Waals surface area contributed by atoms with Crippen LogP contribution < -0.4 is 5.73 Å². The Morgan fingerprint density at radius 3 is 2.40 bits per heavy atom. The van der Waals surface area contributed by atoms with Crippen LogP contribution >= 0.6 is 0 Å². The summed E-state index contributed by atoms with van der Waals surface area (Å²) < 4.78 is 0. The topological polar surface area (TPSA) is 86.8 Å². The van der Waals surface area contributed by atoms with Gasteiger partial charge in [-0.2, -0.15) is 0 Å². The fourth-order valence-electron chi connectivity index (χ4n) is 2.05. The Morgan fingerprint density at radius 1 is 1.30 bits per heavy atom. The van der Waals surface area contributed by atoms with Crippen LogP contribution in [0.15, 0.2) is 24.3 Å². The van der Waals surface area contributed by atoms with Crippen molar-refractivity contribution < 1.29 is 15.0 Å². The summed E-state index contributed by atoms with van der Waals surface area (Å²) in [5.41, 5.74) is 6.89. The predicted molar refractivity (Wildman–Crippen MR) is 78.3 cm³/mol. The first-order chi connectivity index (χ1) is 9.45. The van der Waals surface area contributed by atoms with E-state index in [1.807, 2.05) is 13.8 Å². The van der Waals surface area contributed by atoms with E-state index < -0.39 is 6.04 Å². The molecule has 0 unspecified atom stereocenters. The fraction of sp³-hybridized carbons (Fsp3) is 0.533. The Labute approximate surface area is 120 Å². The highest BCUT2D eigenvalue weighted by atomic mass is 16.3. The van der Waals surface area contributed by atoms with Crippen LogP contribution in [-0.2, 0) is 11.2 Å². The molecule has 1 amide bonds. The number of nitrogens with two attached hydrogens (primary N) is 1. The smallest absolute Gasteiger partial charge is 0.240 e. The molecule has 0 fully saturated rings. The van der Waals surface area contributed by atoms with E-state index in [1.165, 1.54) is 0 Å². The van der Waals surface area contributed by atoms with Crippen molar-refractivity contribution in [1.29, 1.82) is 0 Å². The molecule has 0 aromatic heterocycles. The van der Waals surface area contributed by atoms with Crippen molar-refractivity contribution in [3.8, 4) is 5.75 Å². The molecule has 0 heterocycles. The summed E-state index contributed by atoms with van der Waals surface area (Å²) in [4.78, 5) is 14.0. The largest absolute Gasteiger partial charge is 0.508 e. The quantitative estimate of drug-likeness (QED) is 0.692. The van der Waals surface area contributed by atoms with Crippen LogP contribution in [0.1, 0.15) is 25.8 Å². The van der Waals surface area contributed by atoms with E-state index in [4.69, 9.17) is 10.8 Å². The van der Waals surface area contributed by atoms with Crippen LogP contribution in [-0.4, -0.2) is 46.3 Å². The first-order valence-corrected chi connectivity index (χ1v) is 6.90. The lowest BCUT2D eigenvalue weighted by molar-refractivity contribution is -0.134. The summed E-state index contributed by atoms with van der Waals surface area (Å²) in [6.07, 6.45) is 0.983. The van der Waals surface area contributed by atoms with Gasteiger partial charge in [0, 0.05) is 19.2 Å². The number of benzene rings is 1. The molecule has 1 atom stereocenters. The average Bonchev–Trinajstić information content (AvgIpc) is 2.41. The Bertz CT molecular complexity index is 418. The molecule has 1 aromatic carbocycles. The molecule has 0 aliphatic rings. The van der Waals surface area contributed by atoms with E-state index in [-0.39, 0.29) is 24.3 Å². The number of phenols is 1. The van der Waals surface area contributed by atoms with Gasteiger partial charge < -0.3 is 20.8 Å². The average molecular weight is 280 g/mol. The minimum Gasteiger partial charge on any atom is -0.508 e. The normalized spacial score (nSPS) is 12.4. The predicted octanol–water partition coefficient (Wildman–Crippen LogP) is 0.881. The van der Waals surface area contributed by atoms with Gasteiger partial charge in [0.05, 0.1) is 6.04 Å². The summed E-state index contributed by atoms with van der Waals surface area (Å²) in [5, 5.41) is 18.1. The first kappa shape index (κ1) is 16.5. The molecule has 0 bridgehead atoms. The van der Waals surface area contributed by atoms with Crippen LogP contribution in [0, 0.1) is 0 Å². The van der Waals surface area contributed by atoms with Crippen LogP contribution in [0.2, 0.25) is 0 Å². The summed E-state index contributed by atoms with van der Waals surface area (Å²) in [6.45, 7) is 4.44. The van der Waals surface area contributed by atoms with Crippen LogP contribution in [0.3, 0.4) is 0 Å². The van der Waals surface area contributed by atoms with Gasteiger partial charge in [-0.1, -0.05) is 12.1 Å². The summed E-state index contributed by atoms with van der Waals surface area (Å²) in [5.74, 6) is 0.0851. The number of carbonyl (C=O) groups is 1. The van der Waals surface area contributed by atoms with E-state index in [0.717, 1.165) is 5.56 Å². The Kier molecular flexibility index (Phi) is 6.48. The molecular weight excluding hydrogens is 256 g/mol. The van der Waals surface area contributed by atoms with Gasteiger partial charge in [-0.05, 0) is 44.4 Å². The van der Waals surface area contributed by atoms with Gasteiger partial charge >= 0.3 is 0 Å². The lowest BCUT2D eigenvalue weighted by Crippen LogP contribution is -2.48. The third-order valence-electron chi connectivity index (χ3n) is 3.17. The number of aliphatic hydroxyl groups is 1. The van der Waals surface area contributed by atoms with E-state index in [9.17, 15) is 9.90 Å². The van der Waals surface area contributed by atoms with Crippen molar-refractivity contribution in [2.24, 2.45) is 5.73 Å². The Balaban J connectivity index is 2.66. The van der Waals surface area contributed by atoms with Crippen LogP contribution in [0.25, 0.3) is 0 Å². The molecule has 0 saturated carbocycles. The maximum Gasteiger partial charge on any atom is 0.240 e. The number of phenolic OH excluding ortho intramolecular Hbond substituents is 1. The Hall–Kier alpha value is -1.59. The summed E-state index contributed by atoms with van der Waals surface area (Å²) in [7, 11) is 0. The molecule has 0 saturated heterocycles. The van der Waals surface area contributed by atoms with Gasteiger partial charge in [0.25, 0.3) is 0 Å². The molecule has 0 radical (unpaired) electrons. The monoisotopic (exact) mass is 280 g/mol. The number of amides is 1. The summed E-state index contributed by atoms with van der Waals surface area (Å²) in [6, 6.07) is 6.13. The number of nitrogens with zero attached hydrogens (tertiary/aromatic N) is 1. The molecule has 5 nitrogen and oxygen atoms in total. The van der Waals surface area contributed by atoms with Gasteiger partial charge in [0.15, 0.2) is 0 Å².